The summed E-state index contributed by atoms with van der Waals surface area (Å²) in [6.45, 7) is 0. The van der Waals surface area contributed by atoms with Crippen LogP contribution in [0.4, 0.5) is 23.2 Å². The van der Waals surface area contributed by atoms with Gasteiger partial charge in [-0.3, -0.25) is 9.89 Å². The minimum atomic E-state index is -1.21. The van der Waals surface area contributed by atoms with Crippen LogP contribution < -0.4 is 10.5 Å². The Morgan fingerprint density at radius 1 is 1.00 bits per heavy atom. The van der Waals surface area contributed by atoms with Crippen LogP contribution >= 0.6 is 0 Å². The number of carbonyl (C=O) groups excluding carboxylic acids is 1. The first-order chi connectivity index (χ1) is 16.8. The van der Waals surface area contributed by atoms with Gasteiger partial charge in [-0.05, 0) is 30.3 Å². The van der Waals surface area contributed by atoms with Gasteiger partial charge in [0.05, 0.1) is 22.5 Å². The summed E-state index contributed by atoms with van der Waals surface area (Å²) in [5, 5.41) is 3.25. The third-order valence-electron chi connectivity index (χ3n) is 5.63. The zero-order chi connectivity index (χ0) is 24.4. The van der Waals surface area contributed by atoms with Crippen LogP contribution in [0.5, 0.6) is 11.5 Å². The van der Waals surface area contributed by atoms with Gasteiger partial charge in [0.25, 0.3) is 0 Å². The molecule has 11 heteroatoms. The molecule has 0 saturated carbocycles. The highest BCUT2D eigenvalue weighted by atomic mass is 19.2. The molecule has 0 saturated heterocycles. The average molecular weight is 479 g/mol. The van der Waals surface area contributed by atoms with Gasteiger partial charge in [0.2, 0.25) is 11.6 Å². The second kappa shape index (κ2) is 7.35. The van der Waals surface area contributed by atoms with E-state index in [-0.39, 0.29) is 39.4 Å². The Morgan fingerprint density at radius 3 is 2.66 bits per heavy atom. The lowest BCUT2D eigenvalue weighted by molar-refractivity contribution is 0.103. The van der Waals surface area contributed by atoms with Gasteiger partial charge in [0, 0.05) is 29.2 Å². The van der Waals surface area contributed by atoms with E-state index in [4.69, 9.17) is 10.5 Å². The molecule has 0 fully saturated rings. The van der Waals surface area contributed by atoms with Gasteiger partial charge in [-0.2, -0.15) is 4.39 Å². The standard InChI is InChI=1S/C24H13F4N5O2/c25-13-2-1-3-20(21(13)28)35-11-6-15(27)22-18(7-11)32-24-12(9-30-33(22)24)23(34)19-5-10-4-14(26)16(29)8-17(10)31-19/h1-9,30-31H,29H2. The number of nitrogen functional groups attached to an aromatic ring is 1. The van der Waals surface area contributed by atoms with E-state index in [1.165, 1.54) is 47.1 Å². The van der Waals surface area contributed by atoms with E-state index in [2.05, 4.69) is 15.1 Å². The number of ether oxygens (including phenoxy) is 1. The van der Waals surface area contributed by atoms with Gasteiger partial charge in [-0.25, -0.2) is 22.7 Å². The van der Waals surface area contributed by atoms with Crippen molar-refractivity contribution in [2.24, 2.45) is 0 Å². The lowest BCUT2D eigenvalue weighted by Crippen LogP contribution is -2.01. The molecule has 3 heterocycles. The summed E-state index contributed by atoms with van der Waals surface area (Å²) < 4.78 is 62.8. The molecule has 0 aliphatic rings. The van der Waals surface area contributed by atoms with E-state index in [0.29, 0.717) is 10.9 Å². The Morgan fingerprint density at radius 2 is 1.83 bits per heavy atom. The number of ketones is 1. The Kier molecular flexibility index (Phi) is 4.37. The fourth-order valence-electron chi connectivity index (χ4n) is 3.99. The van der Waals surface area contributed by atoms with Crippen molar-refractivity contribution in [1.82, 2.24) is 19.6 Å². The van der Waals surface area contributed by atoms with Crippen LogP contribution in [0.1, 0.15) is 16.1 Å². The predicted molar refractivity (Wildman–Crippen MR) is 120 cm³/mol. The molecule has 6 rings (SSSR count). The zero-order valence-electron chi connectivity index (χ0n) is 17.5. The number of H-pyrrole nitrogens is 2. The molecule has 3 aromatic carbocycles. The number of aromatic amines is 2. The Labute approximate surface area is 192 Å². The molecule has 0 aliphatic heterocycles. The summed E-state index contributed by atoms with van der Waals surface area (Å²) in [7, 11) is 0. The third kappa shape index (κ3) is 3.20. The van der Waals surface area contributed by atoms with Crippen LogP contribution in [0.2, 0.25) is 0 Å². The Bertz CT molecular complexity index is 1780. The van der Waals surface area contributed by atoms with Crippen LogP contribution in [-0.2, 0) is 0 Å². The Balaban J connectivity index is 1.42. The maximum absolute atomic E-state index is 15.0. The van der Waals surface area contributed by atoms with Crippen LogP contribution in [0.15, 0.2) is 54.7 Å². The smallest absolute Gasteiger partial charge is 0.214 e. The lowest BCUT2D eigenvalue weighted by atomic mass is 10.1. The first-order valence-electron chi connectivity index (χ1n) is 10.2. The number of hydrogen-bond donors (Lipinski definition) is 3. The highest BCUT2D eigenvalue weighted by Gasteiger charge is 2.22. The van der Waals surface area contributed by atoms with Gasteiger partial charge in [-0.15, -0.1) is 0 Å². The van der Waals surface area contributed by atoms with Crippen LogP contribution in [0.25, 0.3) is 27.6 Å². The van der Waals surface area contributed by atoms with Gasteiger partial charge in [0.1, 0.15) is 17.1 Å². The number of imidazole rings is 1. The Hall–Kier alpha value is -4.80. The van der Waals surface area contributed by atoms with Crippen molar-refractivity contribution in [3.05, 3.63) is 89.3 Å². The molecule has 0 spiro atoms. The number of aromatic nitrogens is 4. The van der Waals surface area contributed by atoms with Crippen molar-refractivity contribution in [3.63, 3.8) is 0 Å². The maximum atomic E-state index is 15.0. The fraction of sp³-hybridized carbons (Fsp3) is 0. The van der Waals surface area contributed by atoms with E-state index in [0.717, 1.165) is 12.1 Å². The third-order valence-corrected chi connectivity index (χ3v) is 5.63. The molecule has 0 bridgehead atoms. The molecule has 4 N–H and O–H groups in total. The number of benzene rings is 3. The number of nitrogens with one attached hydrogen (secondary N) is 2. The van der Waals surface area contributed by atoms with E-state index >= 15 is 0 Å². The molecule has 0 aliphatic carbocycles. The molecular weight excluding hydrogens is 466 g/mol. The average Bonchev–Trinajstić information content (AvgIpc) is 3.50. The number of rotatable bonds is 4. The molecule has 0 atom stereocenters. The molecule has 7 nitrogen and oxygen atoms in total. The zero-order valence-corrected chi connectivity index (χ0v) is 17.5. The quantitative estimate of drug-likeness (QED) is 0.178. The van der Waals surface area contributed by atoms with E-state index in [9.17, 15) is 22.4 Å². The summed E-state index contributed by atoms with van der Waals surface area (Å²) in [6.07, 6.45) is 1.37. The summed E-state index contributed by atoms with van der Waals surface area (Å²) in [6, 6.07) is 9.81. The SMILES string of the molecule is Nc1cc2[nH]c(C(=O)c3c[nH]n4c3nc3cc(Oc5cccc(F)c5F)cc(F)c34)cc2cc1F. The van der Waals surface area contributed by atoms with Gasteiger partial charge < -0.3 is 15.5 Å². The number of carbonyl (C=O) groups is 1. The van der Waals surface area contributed by atoms with Crippen molar-refractivity contribution >= 4 is 39.1 Å². The molecule has 35 heavy (non-hydrogen) atoms. The highest BCUT2D eigenvalue weighted by Crippen LogP contribution is 2.32. The summed E-state index contributed by atoms with van der Waals surface area (Å²) in [4.78, 5) is 20.4. The second-order valence-electron chi connectivity index (χ2n) is 7.86. The highest BCUT2D eigenvalue weighted by molar-refractivity contribution is 6.14. The largest absolute Gasteiger partial charge is 0.454 e. The number of hydrogen-bond acceptors (Lipinski definition) is 4. The minimum absolute atomic E-state index is 0.0256. The van der Waals surface area contributed by atoms with Crippen molar-refractivity contribution in [2.75, 3.05) is 5.73 Å². The molecule has 0 amide bonds. The van der Waals surface area contributed by atoms with E-state index in [1.54, 1.807) is 0 Å². The molecule has 0 unspecified atom stereocenters. The summed E-state index contributed by atoms with van der Waals surface area (Å²) >= 11 is 0. The first kappa shape index (κ1) is 20.8. The number of halogens is 4. The van der Waals surface area contributed by atoms with Gasteiger partial charge >= 0.3 is 0 Å². The summed E-state index contributed by atoms with van der Waals surface area (Å²) in [5.74, 6) is -4.68. The number of anilines is 1. The molecular formula is C24H13F4N5O2. The van der Waals surface area contributed by atoms with Crippen molar-refractivity contribution < 1.29 is 27.1 Å². The van der Waals surface area contributed by atoms with Crippen LogP contribution in [0, 0.1) is 23.3 Å². The topological polar surface area (TPSA) is 101 Å². The first-order valence-corrected chi connectivity index (χ1v) is 10.2. The van der Waals surface area contributed by atoms with Gasteiger partial charge in [-0.1, -0.05) is 6.07 Å². The normalized spacial score (nSPS) is 11.7. The van der Waals surface area contributed by atoms with Gasteiger partial charge in [0.15, 0.2) is 23.0 Å². The van der Waals surface area contributed by atoms with E-state index < -0.39 is 34.8 Å². The van der Waals surface area contributed by atoms with Crippen molar-refractivity contribution in [3.8, 4) is 11.5 Å². The van der Waals surface area contributed by atoms with E-state index in [1.807, 2.05) is 0 Å². The molecule has 6 aromatic rings. The number of fused-ring (bicyclic) bond motifs is 4. The van der Waals surface area contributed by atoms with Crippen LogP contribution in [0.3, 0.4) is 0 Å². The fourth-order valence-corrected chi connectivity index (χ4v) is 3.99. The lowest BCUT2D eigenvalue weighted by Gasteiger charge is -2.07. The molecule has 3 aromatic heterocycles. The van der Waals surface area contributed by atoms with Crippen molar-refractivity contribution in [1.29, 1.82) is 0 Å². The molecule has 174 valence electrons. The number of nitrogens with zero attached hydrogens (tertiary/aromatic N) is 2. The predicted octanol–water partition coefficient (Wildman–Crippen LogP) is 5.46. The monoisotopic (exact) mass is 479 g/mol. The minimum Gasteiger partial charge on any atom is -0.454 e. The number of nitrogens with two attached hydrogens (primary N) is 1. The van der Waals surface area contributed by atoms with Crippen molar-refractivity contribution in [2.45, 2.75) is 0 Å². The van der Waals surface area contributed by atoms with Crippen LogP contribution in [-0.4, -0.2) is 25.4 Å². The molecule has 0 radical (unpaired) electrons. The maximum Gasteiger partial charge on any atom is 0.214 e. The second-order valence-corrected chi connectivity index (χ2v) is 7.86. The summed E-state index contributed by atoms with van der Waals surface area (Å²) in [5.41, 5.74) is 6.55.